The van der Waals surface area contributed by atoms with Crippen LogP contribution in [0.2, 0.25) is 10.0 Å². The summed E-state index contributed by atoms with van der Waals surface area (Å²) in [5.41, 5.74) is 2.66. The van der Waals surface area contributed by atoms with Gasteiger partial charge >= 0.3 is 11.9 Å². The Morgan fingerprint density at radius 1 is 0.917 bits per heavy atom. The highest BCUT2D eigenvalue weighted by Gasteiger charge is 2.32. The normalized spacial score (nSPS) is 11.8. The van der Waals surface area contributed by atoms with Crippen molar-refractivity contribution in [3.8, 4) is 22.3 Å². The minimum Gasteiger partial charge on any atom is -0.250 e. The summed E-state index contributed by atoms with van der Waals surface area (Å²) in [6.45, 7) is 1.44. The Kier molecular flexibility index (Phi) is 6.10. The number of pyridine rings is 2. The quantitative estimate of drug-likeness (QED) is 0.254. The number of nitrogens with zero attached hydrogens (tertiary/aromatic N) is 4. The van der Waals surface area contributed by atoms with E-state index >= 15 is 0 Å². The van der Waals surface area contributed by atoms with Gasteiger partial charge in [0.1, 0.15) is 5.69 Å². The maximum atomic E-state index is 13.2. The Morgan fingerprint density at radius 2 is 1.64 bits per heavy atom. The van der Waals surface area contributed by atoms with Gasteiger partial charge in [0, 0.05) is 33.1 Å². The lowest BCUT2D eigenvalue weighted by Crippen LogP contribution is -2.22. The predicted molar refractivity (Wildman–Crippen MR) is 133 cm³/mol. The number of aromatic nitrogens is 4. The molecule has 0 fully saturated rings. The van der Waals surface area contributed by atoms with Crippen molar-refractivity contribution >= 4 is 28.8 Å². The number of aryl methyl sites for hydroxylation is 1. The number of benzene rings is 2. The highest BCUT2D eigenvalue weighted by molar-refractivity contribution is 6.33. The Morgan fingerprint density at radius 3 is 2.31 bits per heavy atom. The fourth-order valence-electron chi connectivity index (χ4n) is 4.00. The van der Waals surface area contributed by atoms with Crippen molar-refractivity contribution in [2.24, 2.45) is 0 Å². The maximum Gasteiger partial charge on any atom is 0.433 e. The van der Waals surface area contributed by atoms with E-state index in [1.807, 2.05) is 30.3 Å². The van der Waals surface area contributed by atoms with Gasteiger partial charge in [-0.05, 0) is 53.9 Å². The molecule has 0 bridgehead atoms. The van der Waals surface area contributed by atoms with Gasteiger partial charge in [0.2, 0.25) is 0 Å². The molecule has 0 radical (unpaired) electrons. The average molecular weight is 529 g/mol. The monoisotopic (exact) mass is 528 g/mol. The van der Waals surface area contributed by atoms with Crippen LogP contribution in [0.15, 0.2) is 77.7 Å². The molecular formula is C26H17Cl2F3N4O. The topological polar surface area (TPSA) is 52.2 Å². The van der Waals surface area contributed by atoms with Crippen LogP contribution in [0.25, 0.3) is 27.9 Å². The van der Waals surface area contributed by atoms with Gasteiger partial charge in [0.15, 0.2) is 5.65 Å². The molecule has 0 N–H and O–H groups in total. The summed E-state index contributed by atoms with van der Waals surface area (Å²) < 4.78 is 41.6. The molecule has 3 aromatic heterocycles. The zero-order chi connectivity index (χ0) is 25.6. The van der Waals surface area contributed by atoms with Crippen LogP contribution in [-0.4, -0.2) is 19.2 Å². The lowest BCUT2D eigenvalue weighted by atomic mass is 9.96. The number of halogens is 5. The fraction of sp³-hybridized carbons (Fsp3) is 0.115. The summed E-state index contributed by atoms with van der Waals surface area (Å²) in [6.07, 6.45) is -2.87. The Bertz CT molecular complexity index is 1660. The van der Waals surface area contributed by atoms with Crippen molar-refractivity contribution in [3.05, 3.63) is 110 Å². The molecular weight excluding hydrogens is 512 g/mol. The summed E-state index contributed by atoms with van der Waals surface area (Å²) in [5, 5.41) is 5.54. The van der Waals surface area contributed by atoms with Crippen LogP contribution in [0.1, 0.15) is 17.0 Å². The van der Waals surface area contributed by atoms with Crippen molar-refractivity contribution < 1.29 is 13.2 Å². The van der Waals surface area contributed by atoms with Gasteiger partial charge in [-0.1, -0.05) is 59.6 Å². The van der Waals surface area contributed by atoms with E-state index < -0.39 is 17.6 Å². The summed E-state index contributed by atoms with van der Waals surface area (Å²) in [7, 11) is 0. The predicted octanol–water partition coefficient (Wildman–Crippen LogP) is 6.91. The zero-order valence-electron chi connectivity index (χ0n) is 18.7. The first kappa shape index (κ1) is 24.1. The van der Waals surface area contributed by atoms with Crippen LogP contribution in [0.5, 0.6) is 0 Å². The highest BCUT2D eigenvalue weighted by atomic mass is 35.5. The molecule has 3 heterocycles. The molecule has 182 valence electrons. The van der Waals surface area contributed by atoms with Gasteiger partial charge in [-0.3, -0.25) is 0 Å². The van der Waals surface area contributed by atoms with Crippen LogP contribution < -0.4 is 5.69 Å². The molecule has 36 heavy (non-hydrogen) atoms. The summed E-state index contributed by atoms with van der Waals surface area (Å²) in [6, 6.07) is 18.5. The zero-order valence-corrected chi connectivity index (χ0v) is 20.2. The summed E-state index contributed by atoms with van der Waals surface area (Å²) in [5.74, 6) is 0. The molecule has 0 aliphatic rings. The molecule has 0 unspecified atom stereocenters. The van der Waals surface area contributed by atoms with Crippen molar-refractivity contribution in [2.45, 2.75) is 19.6 Å². The standard InChI is InChI=1S/C26H17Cl2F3N4O/c1-15-17(8-11-23(32-15)26(29,30)31)13-35-25(36)34-14-21(19-4-2-3-5-22(19)28)20(12-24(34)33-35)16-6-9-18(27)10-7-16/h2-12,14H,13H2,1H3. The van der Waals surface area contributed by atoms with Crippen LogP contribution in [0.3, 0.4) is 0 Å². The number of rotatable bonds is 4. The molecule has 0 aliphatic heterocycles. The second kappa shape index (κ2) is 9.11. The molecule has 10 heteroatoms. The minimum absolute atomic E-state index is 0.0326. The highest BCUT2D eigenvalue weighted by Crippen LogP contribution is 2.36. The van der Waals surface area contributed by atoms with Crippen molar-refractivity contribution in [3.63, 3.8) is 0 Å². The van der Waals surface area contributed by atoms with E-state index in [9.17, 15) is 18.0 Å². The first-order chi connectivity index (χ1) is 17.1. The number of alkyl halides is 3. The van der Waals surface area contributed by atoms with Crippen LogP contribution in [0.4, 0.5) is 13.2 Å². The Labute approximate surface area is 213 Å². The molecule has 5 rings (SSSR count). The number of hydrogen-bond donors (Lipinski definition) is 0. The van der Waals surface area contributed by atoms with E-state index in [0.29, 0.717) is 26.8 Å². The number of hydrogen-bond acceptors (Lipinski definition) is 3. The third-order valence-electron chi connectivity index (χ3n) is 5.84. The van der Waals surface area contributed by atoms with Crippen LogP contribution in [-0.2, 0) is 12.7 Å². The van der Waals surface area contributed by atoms with Gasteiger partial charge in [0.05, 0.1) is 6.54 Å². The van der Waals surface area contributed by atoms with Crippen molar-refractivity contribution in [1.82, 2.24) is 19.2 Å². The molecule has 0 atom stereocenters. The van der Waals surface area contributed by atoms with E-state index in [1.165, 1.54) is 22.1 Å². The summed E-state index contributed by atoms with van der Waals surface area (Å²) in [4.78, 5) is 16.9. The molecule has 0 aliphatic carbocycles. The molecule has 5 aromatic rings. The average Bonchev–Trinajstić information content (AvgIpc) is 3.14. The summed E-state index contributed by atoms with van der Waals surface area (Å²) >= 11 is 12.6. The maximum absolute atomic E-state index is 13.2. The van der Waals surface area contributed by atoms with Gasteiger partial charge in [-0.2, -0.15) is 13.2 Å². The molecule has 2 aromatic carbocycles. The third-order valence-corrected chi connectivity index (χ3v) is 6.43. The lowest BCUT2D eigenvalue weighted by Gasteiger charge is -2.12. The van der Waals surface area contributed by atoms with E-state index in [-0.39, 0.29) is 12.2 Å². The molecule has 0 amide bonds. The van der Waals surface area contributed by atoms with E-state index in [1.54, 1.807) is 30.5 Å². The fourth-order valence-corrected chi connectivity index (χ4v) is 4.37. The van der Waals surface area contributed by atoms with E-state index in [0.717, 1.165) is 22.8 Å². The Balaban J connectivity index is 1.65. The van der Waals surface area contributed by atoms with Crippen LogP contribution in [0, 0.1) is 6.92 Å². The smallest absolute Gasteiger partial charge is 0.250 e. The van der Waals surface area contributed by atoms with Crippen molar-refractivity contribution in [1.29, 1.82) is 0 Å². The largest absolute Gasteiger partial charge is 0.433 e. The first-order valence-electron chi connectivity index (χ1n) is 10.8. The van der Waals surface area contributed by atoms with Gasteiger partial charge in [-0.15, -0.1) is 5.10 Å². The Hall–Kier alpha value is -3.62. The molecule has 0 saturated carbocycles. The number of fused-ring (bicyclic) bond motifs is 1. The molecule has 0 spiro atoms. The minimum atomic E-state index is -4.55. The lowest BCUT2D eigenvalue weighted by molar-refractivity contribution is -0.141. The van der Waals surface area contributed by atoms with Gasteiger partial charge in [-0.25, -0.2) is 18.9 Å². The third kappa shape index (κ3) is 4.50. The van der Waals surface area contributed by atoms with E-state index in [4.69, 9.17) is 23.2 Å². The van der Waals surface area contributed by atoms with E-state index in [2.05, 4.69) is 10.1 Å². The SMILES string of the molecule is Cc1nc(C(F)(F)F)ccc1Cn1nc2cc(-c3ccc(Cl)cc3)c(-c3ccccc3Cl)cn2c1=O. The first-order valence-corrected chi connectivity index (χ1v) is 11.6. The van der Waals surface area contributed by atoms with Crippen molar-refractivity contribution in [2.75, 3.05) is 0 Å². The molecule has 5 nitrogen and oxygen atoms in total. The molecule has 0 saturated heterocycles. The van der Waals surface area contributed by atoms with Gasteiger partial charge < -0.3 is 0 Å². The second-order valence-corrected chi connectivity index (χ2v) is 9.04. The van der Waals surface area contributed by atoms with Gasteiger partial charge in [0.25, 0.3) is 0 Å². The van der Waals surface area contributed by atoms with Crippen LogP contribution >= 0.6 is 23.2 Å². The second-order valence-electron chi connectivity index (χ2n) is 8.19.